The monoisotopic (exact) mass is 334 g/mol. The minimum Gasteiger partial charge on any atom is -0.347 e. The lowest BCUT2D eigenvalue weighted by Crippen LogP contribution is -2.06. The molecule has 1 fully saturated rings. The lowest BCUT2D eigenvalue weighted by molar-refractivity contribution is -0.00158. The molecular weight excluding hydrogens is 296 g/mol. The molecule has 2 nitrogen and oxygen atoms in total. The Kier molecular flexibility index (Phi) is 11.0. The minimum absolute atomic E-state index is 0.134. The second-order valence-electron chi connectivity index (χ2n) is 7.15. The van der Waals surface area contributed by atoms with Gasteiger partial charge in [0.2, 0.25) is 0 Å². The van der Waals surface area contributed by atoms with E-state index in [0.29, 0.717) is 13.2 Å². The summed E-state index contributed by atoms with van der Waals surface area (Å²) in [4.78, 5) is 0. The summed E-state index contributed by atoms with van der Waals surface area (Å²) in [6.45, 7) is 12.7. The molecule has 2 unspecified atom stereocenters. The SMILES string of the molecule is CCC.CCC(C)CCC(C)C1=CC=C(/C=C/C2OCCO2)CC1. The van der Waals surface area contributed by atoms with Crippen LogP contribution in [0.4, 0.5) is 0 Å². The lowest BCUT2D eigenvalue weighted by atomic mass is 9.85. The van der Waals surface area contributed by atoms with Crippen LogP contribution in [0.25, 0.3) is 0 Å². The first-order chi connectivity index (χ1) is 11.6. The summed E-state index contributed by atoms with van der Waals surface area (Å²) in [6.07, 6.45) is 16.2. The maximum atomic E-state index is 5.42. The molecule has 0 spiro atoms. The van der Waals surface area contributed by atoms with Crippen LogP contribution >= 0.6 is 0 Å². The van der Waals surface area contributed by atoms with Gasteiger partial charge in [-0.15, -0.1) is 0 Å². The molecule has 1 saturated heterocycles. The molecule has 2 aliphatic rings. The van der Waals surface area contributed by atoms with E-state index in [4.69, 9.17) is 9.47 Å². The molecule has 0 N–H and O–H groups in total. The van der Waals surface area contributed by atoms with Gasteiger partial charge < -0.3 is 9.47 Å². The van der Waals surface area contributed by atoms with Crippen molar-refractivity contribution < 1.29 is 9.47 Å². The van der Waals surface area contributed by atoms with Crippen LogP contribution in [0.2, 0.25) is 0 Å². The predicted octanol–water partition coefficient (Wildman–Crippen LogP) is 6.44. The largest absolute Gasteiger partial charge is 0.347 e. The van der Waals surface area contributed by atoms with Crippen LogP contribution in [0.15, 0.2) is 35.5 Å². The molecular formula is C22H38O2. The first-order valence-electron chi connectivity index (χ1n) is 9.91. The highest BCUT2D eigenvalue weighted by Crippen LogP contribution is 2.29. The third-order valence-electron chi connectivity index (χ3n) is 4.75. The van der Waals surface area contributed by atoms with Crippen molar-refractivity contribution in [2.75, 3.05) is 13.2 Å². The molecule has 0 radical (unpaired) electrons. The van der Waals surface area contributed by atoms with Gasteiger partial charge in [0.1, 0.15) is 0 Å². The van der Waals surface area contributed by atoms with Gasteiger partial charge in [-0.05, 0) is 42.7 Å². The summed E-state index contributed by atoms with van der Waals surface area (Å²) >= 11 is 0. The van der Waals surface area contributed by atoms with Crippen LogP contribution in [-0.4, -0.2) is 19.5 Å². The summed E-state index contributed by atoms with van der Waals surface area (Å²) in [5, 5.41) is 0. The number of hydrogen-bond donors (Lipinski definition) is 0. The van der Waals surface area contributed by atoms with Crippen LogP contribution in [-0.2, 0) is 9.47 Å². The van der Waals surface area contributed by atoms with Gasteiger partial charge in [-0.25, -0.2) is 0 Å². The van der Waals surface area contributed by atoms with Crippen LogP contribution < -0.4 is 0 Å². The molecule has 2 atom stereocenters. The molecule has 0 amide bonds. The summed E-state index contributed by atoms with van der Waals surface area (Å²) in [5.74, 6) is 1.58. The average molecular weight is 335 g/mol. The van der Waals surface area contributed by atoms with E-state index in [1.807, 2.05) is 6.08 Å². The molecule has 2 rings (SSSR count). The maximum Gasteiger partial charge on any atom is 0.177 e. The van der Waals surface area contributed by atoms with Gasteiger partial charge in [0.05, 0.1) is 13.2 Å². The average Bonchev–Trinajstić information content (AvgIpc) is 3.12. The van der Waals surface area contributed by atoms with Crippen molar-refractivity contribution in [3.05, 3.63) is 35.5 Å². The molecule has 2 heteroatoms. The maximum absolute atomic E-state index is 5.42. The van der Waals surface area contributed by atoms with Gasteiger partial charge >= 0.3 is 0 Å². The smallest absolute Gasteiger partial charge is 0.177 e. The number of hydrogen-bond acceptors (Lipinski definition) is 2. The van der Waals surface area contributed by atoms with Crippen molar-refractivity contribution in [3.8, 4) is 0 Å². The second kappa shape index (κ2) is 12.5. The highest BCUT2D eigenvalue weighted by atomic mass is 16.7. The molecule has 0 aromatic heterocycles. The lowest BCUT2D eigenvalue weighted by Gasteiger charge is -2.20. The Balaban J connectivity index is 0.000000891. The summed E-state index contributed by atoms with van der Waals surface area (Å²) < 4.78 is 10.8. The Hall–Kier alpha value is -0.860. The van der Waals surface area contributed by atoms with Gasteiger partial charge in [0, 0.05) is 0 Å². The fourth-order valence-electron chi connectivity index (χ4n) is 2.83. The van der Waals surface area contributed by atoms with Crippen LogP contribution in [0.1, 0.15) is 73.1 Å². The van der Waals surface area contributed by atoms with E-state index in [-0.39, 0.29) is 6.29 Å². The molecule has 0 bridgehead atoms. The van der Waals surface area contributed by atoms with E-state index in [1.165, 1.54) is 37.7 Å². The normalized spacial score (nSPS) is 21.0. The molecule has 138 valence electrons. The van der Waals surface area contributed by atoms with Crippen molar-refractivity contribution in [2.45, 2.75) is 79.4 Å². The Morgan fingerprint density at radius 2 is 1.71 bits per heavy atom. The van der Waals surface area contributed by atoms with E-state index in [0.717, 1.165) is 18.3 Å². The van der Waals surface area contributed by atoms with E-state index in [1.54, 1.807) is 5.57 Å². The van der Waals surface area contributed by atoms with Crippen molar-refractivity contribution >= 4 is 0 Å². The van der Waals surface area contributed by atoms with Gasteiger partial charge in [-0.3, -0.25) is 0 Å². The molecule has 1 aliphatic carbocycles. The molecule has 0 saturated carbocycles. The van der Waals surface area contributed by atoms with Crippen molar-refractivity contribution in [1.82, 2.24) is 0 Å². The predicted molar refractivity (Wildman–Crippen MR) is 104 cm³/mol. The first kappa shape index (κ1) is 21.2. The van der Waals surface area contributed by atoms with Gasteiger partial charge in [0.15, 0.2) is 6.29 Å². The molecule has 0 aromatic carbocycles. The van der Waals surface area contributed by atoms with Gasteiger partial charge in [-0.2, -0.15) is 0 Å². The van der Waals surface area contributed by atoms with E-state index < -0.39 is 0 Å². The Morgan fingerprint density at radius 3 is 2.25 bits per heavy atom. The quantitative estimate of drug-likeness (QED) is 0.533. The minimum atomic E-state index is -0.134. The zero-order valence-electron chi connectivity index (χ0n) is 16.5. The van der Waals surface area contributed by atoms with Crippen LogP contribution in [0, 0.1) is 11.8 Å². The number of rotatable bonds is 7. The molecule has 1 aliphatic heterocycles. The van der Waals surface area contributed by atoms with E-state index >= 15 is 0 Å². The fraction of sp³-hybridized carbons (Fsp3) is 0.727. The van der Waals surface area contributed by atoms with E-state index in [2.05, 4.69) is 52.8 Å². The molecule has 24 heavy (non-hydrogen) atoms. The zero-order chi connectivity index (χ0) is 17.8. The molecule has 0 aromatic rings. The topological polar surface area (TPSA) is 18.5 Å². The third kappa shape index (κ3) is 8.30. The third-order valence-corrected chi connectivity index (χ3v) is 4.75. The Labute approximate surface area is 150 Å². The second-order valence-corrected chi connectivity index (χ2v) is 7.15. The highest BCUT2D eigenvalue weighted by molar-refractivity contribution is 5.31. The van der Waals surface area contributed by atoms with Crippen molar-refractivity contribution in [2.24, 2.45) is 11.8 Å². The van der Waals surface area contributed by atoms with Crippen LogP contribution in [0.3, 0.4) is 0 Å². The standard InChI is InChI=1S/C19H30O2.C3H8/c1-4-15(2)5-6-16(3)18-10-7-17(8-11-18)9-12-19-20-13-14-21-19;1-3-2/h7,9-10,12,15-16,19H,4-6,8,11,13-14H2,1-3H3;3H2,1-2H3/b12-9+;. The number of ether oxygens (including phenoxy) is 2. The molecule has 1 heterocycles. The number of allylic oxidation sites excluding steroid dienone is 5. The van der Waals surface area contributed by atoms with Crippen molar-refractivity contribution in [1.29, 1.82) is 0 Å². The first-order valence-corrected chi connectivity index (χ1v) is 9.91. The van der Waals surface area contributed by atoms with Gasteiger partial charge in [-0.1, -0.05) is 77.7 Å². The van der Waals surface area contributed by atoms with Crippen molar-refractivity contribution in [3.63, 3.8) is 0 Å². The highest BCUT2D eigenvalue weighted by Gasteiger charge is 2.14. The van der Waals surface area contributed by atoms with E-state index in [9.17, 15) is 0 Å². The Bertz CT molecular complexity index is 414. The van der Waals surface area contributed by atoms with Gasteiger partial charge in [0.25, 0.3) is 0 Å². The fourth-order valence-corrected chi connectivity index (χ4v) is 2.83. The summed E-state index contributed by atoms with van der Waals surface area (Å²) in [6, 6.07) is 0. The summed E-state index contributed by atoms with van der Waals surface area (Å²) in [7, 11) is 0. The summed E-state index contributed by atoms with van der Waals surface area (Å²) in [5.41, 5.74) is 3.00. The Morgan fingerprint density at radius 1 is 1.04 bits per heavy atom. The zero-order valence-corrected chi connectivity index (χ0v) is 16.5. The van der Waals surface area contributed by atoms with Crippen LogP contribution in [0.5, 0.6) is 0 Å².